The number of aromatic amines is 1. The molecule has 0 radical (unpaired) electrons. The maximum Gasteiger partial charge on any atom is 0.317 e. The van der Waals surface area contributed by atoms with Crippen molar-refractivity contribution in [2.75, 3.05) is 32.8 Å². The molecular formula is C23H33N3O3. The molecule has 0 bridgehead atoms. The number of hydrogen-bond acceptors (Lipinski definition) is 3. The zero-order chi connectivity index (χ0) is 20.1. The number of para-hydroxylation sites is 1. The van der Waals surface area contributed by atoms with Crippen molar-refractivity contribution in [2.24, 2.45) is 0 Å². The number of carbonyl (C=O) groups is 1. The number of piperidine rings is 1. The molecule has 2 aliphatic heterocycles. The van der Waals surface area contributed by atoms with Crippen LogP contribution in [0.2, 0.25) is 0 Å². The molecule has 2 aliphatic rings. The molecule has 0 spiro atoms. The van der Waals surface area contributed by atoms with E-state index in [0.29, 0.717) is 13.2 Å². The van der Waals surface area contributed by atoms with Gasteiger partial charge in [0.25, 0.3) is 0 Å². The van der Waals surface area contributed by atoms with E-state index in [1.54, 1.807) is 0 Å². The number of benzene rings is 1. The molecule has 1 atom stereocenters. The van der Waals surface area contributed by atoms with Gasteiger partial charge in [0, 0.05) is 43.3 Å². The standard InChI is InChI=1S/C23H33N3O3/c1-17-5-4-7-21-18(15-25-22(17)21)8-11-24-23(27)26-12-9-19(10-13-26)29-16-20-6-2-3-14-28-20/h4-5,7,15,19-20,25H,2-3,6,8-14,16H2,1H3,(H,24,27)/t20-/m0/s1. The third-order valence-corrected chi connectivity index (χ3v) is 6.20. The molecule has 0 saturated carbocycles. The van der Waals surface area contributed by atoms with E-state index in [9.17, 15) is 4.79 Å². The van der Waals surface area contributed by atoms with Gasteiger partial charge in [-0.1, -0.05) is 18.2 Å². The van der Waals surface area contributed by atoms with Crippen molar-refractivity contribution >= 4 is 16.9 Å². The van der Waals surface area contributed by atoms with Crippen LogP contribution < -0.4 is 5.32 Å². The first-order chi connectivity index (χ1) is 14.2. The molecule has 4 rings (SSSR count). The van der Waals surface area contributed by atoms with Crippen LogP contribution in [-0.2, 0) is 15.9 Å². The normalized spacial score (nSPS) is 20.9. The summed E-state index contributed by atoms with van der Waals surface area (Å²) in [5.41, 5.74) is 3.69. The summed E-state index contributed by atoms with van der Waals surface area (Å²) in [5.74, 6) is 0. The number of nitrogens with one attached hydrogen (secondary N) is 2. The summed E-state index contributed by atoms with van der Waals surface area (Å²) < 4.78 is 11.8. The smallest absolute Gasteiger partial charge is 0.317 e. The van der Waals surface area contributed by atoms with E-state index in [1.807, 2.05) is 4.90 Å². The van der Waals surface area contributed by atoms with Gasteiger partial charge in [-0.15, -0.1) is 0 Å². The fourth-order valence-electron chi connectivity index (χ4n) is 4.39. The zero-order valence-corrected chi connectivity index (χ0v) is 17.4. The van der Waals surface area contributed by atoms with E-state index in [4.69, 9.17) is 9.47 Å². The fraction of sp³-hybridized carbons (Fsp3) is 0.609. The van der Waals surface area contributed by atoms with E-state index in [-0.39, 0.29) is 18.2 Å². The predicted molar refractivity (Wildman–Crippen MR) is 114 cm³/mol. The van der Waals surface area contributed by atoms with Crippen LogP contribution in [0.4, 0.5) is 4.79 Å². The van der Waals surface area contributed by atoms with Gasteiger partial charge in [0.05, 0.1) is 18.8 Å². The second kappa shape index (κ2) is 9.63. The first-order valence-electron chi connectivity index (χ1n) is 11.0. The number of aromatic nitrogens is 1. The Balaban J connectivity index is 1.16. The van der Waals surface area contributed by atoms with Gasteiger partial charge in [-0.2, -0.15) is 0 Å². The second-order valence-corrected chi connectivity index (χ2v) is 8.30. The summed E-state index contributed by atoms with van der Waals surface area (Å²) in [6.07, 6.45) is 8.73. The Kier molecular flexibility index (Phi) is 6.72. The summed E-state index contributed by atoms with van der Waals surface area (Å²) in [6.45, 7) is 5.84. The molecular weight excluding hydrogens is 366 g/mol. The first kappa shape index (κ1) is 20.2. The van der Waals surface area contributed by atoms with Gasteiger partial charge in [-0.25, -0.2) is 4.79 Å². The van der Waals surface area contributed by atoms with Gasteiger partial charge in [0.2, 0.25) is 0 Å². The predicted octanol–water partition coefficient (Wildman–Crippen LogP) is 3.78. The van der Waals surface area contributed by atoms with Gasteiger partial charge in [0.1, 0.15) is 0 Å². The lowest BCUT2D eigenvalue weighted by Gasteiger charge is -2.33. The molecule has 0 aliphatic carbocycles. The third-order valence-electron chi connectivity index (χ3n) is 6.20. The van der Waals surface area contributed by atoms with Crippen LogP contribution in [0.15, 0.2) is 24.4 Å². The van der Waals surface area contributed by atoms with Crippen molar-refractivity contribution in [1.29, 1.82) is 0 Å². The molecule has 2 fully saturated rings. The number of carbonyl (C=O) groups excluding carboxylic acids is 1. The van der Waals surface area contributed by atoms with Crippen LogP contribution in [0.25, 0.3) is 10.9 Å². The number of nitrogens with zero attached hydrogens (tertiary/aromatic N) is 1. The fourth-order valence-corrected chi connectivity index (χ4v) is 4.39. The molecule has 2 amide bonds. The average Bonchev–Trinajstić information content (AvgIpc) is 3.18. The lowest BCUT2D eigenvalue weighted by atomic mass is 10.1. The summed E-state index contributed by atoms with van der Waals surface area (Å²) >= 11 is 0. The van der Waals surface area contributed by atoms with Crippen LogP contribution in [0.3, 0.4) is 0 Å². The Morgan fingerprint density at radius 1 is 1.28 bits per heavy atom. The molecule has 1 aromatic carbocycles. The van der Waals surface area contributed by atoms with Gasteiger partial charge in [-0.05, 0) is 56.6 Å². The summed E-state index contributed by atoms with van der Waals surface area (Å²) in [7, 11) is 0. The van der Waals surface area contributed by atoms with Gasteiger partial charge in [0.15, 0.2) is 0 Å². The van der Waals surface area contributed by atoms with Gasteiger partial charge in [-0.3, -0.25) is 0 Å². The van der Waals surface area contributed by atoms with Crippen LogP contribution in [0, 0.1) is 6.92 Å². The van der Waals surface area contributed by atoms with Crippen LogP contribution in [0.5, 0.6) is 0 Å². The Labute approximate surface area is 172 Å². The lowest BCUT2D eigenvalue weighted by molar-refractivity contribution is -0.0728. The van der Waals surface area contributed by atoms with E-state index in [1.165, 1.54) is 34.9 Å². The number of aryl methyl sites for hydroxylation is 1. The summed E-state index contributed by atoms with van der Waals surface area (Å²) in [6, 6.07) is 6.37. The molecule has 2 saturated heterocycles. The maximum absolute atomic E-state index is 12.5. The van der Waals surface area contributed by atoms with Crippen LogP contribution in [0.1, 0.15) is 43.2 Å². The molecule has 6 heteroatoms. The number of likely N-dealkylation sites (tertiary alicyclic amines) is 1. The minimum Gasteiger partial charge on any atom is -0.376 e. The first-order valence-corrected chi connectivity index (χ1v) is 11.0. The molecule has 2 N–H and O–H groups in total. The molecule has 2 aromatic rings. The number of rotatable bonds is 6. The number of urea groups is 1. The summed E-state index contributed by atoms with van der Waals surface area (Å²) in [4.78, 5) is 17.8. The second-order valence-electron chi connectivity index (χ2n) is 8.30. The number of ether oxygens (including phenoxy) is 2. The van der Waals surface area contributed by atoms with Crippen molar-refractivity contribution in [3.8, 4) is 0 Å². The van der Waals surface area contributed by atoms with E-state index >= 15 is 0 Å². The maximum atomic E-state index is 12.5. The van der Waals surface area contributed by atoms with E-state index in [0.717, 1.165) is 45.4 Å². The Morgan fingerprint density at radius 2 is 2.14 bits per heavy atom. The van der Waals surface area contributed by atoms with E-state index in [2.05, 4.69) is 41.6 Å². The molecule has 158 valence electrons. The van der Waals surface area contributed by atoms with E-state index < -0.39 is 0 Å². The highest BCUT2D eigenvalue weighted by atomic mass is 16.5. The number of H-pyrrole nitrogens is 1. The SMILES string of the molecule is Cc1cccc2c(CCNC(=O)N3CCC(OC[C@@H]4CCCCO4)CC3)c[nH]c12. The van der Waals surface area contributed by atoms with Gasteiger partial charge < -0.3 is 24.7 Å². The third kappa shape index (κ3) is 5.11. The summed E-state index contributed by atoms with van der Waals surface area (Å²) in [5, 5.41) is 4.33. The van der Waals surface area contributed by atoms with Crippen LogP contribution >= 0.6 is 0 Å². The highest BCUT2D eigenvalue weighted by molar-refractivity contribution is 5.86. The number of fused-ring (bicyclic) bond motifs is 1. The quantitative estimate of drug-likeness (QED) is 0.777. The minimum atomic E-state index is 0.0371. The molecule has 29 heavy (non-hydrogen) atoms. The molecule has 6 nitrogen and oxygen atoms in total. The molecule has 0 unspecified atom stereocenters. The average molecular weight is 400 g/mol. The Hall–Kier alpha value is -2.05. The van der Waals surface area contributed by atoms with Gasteiger partial charge >= 0.3 is 6.03 Å². The number of amides is 2. The number of hydrogen-bond donors (Lipinski definition) is 2. The minimum absolute atomic E-state index is 0.0371. The monoisotopic (exact) mass is 399 g/mol. The van der Waals surface area contributed by atoms with Crippen LogP contribution in [-0.4, -0.2) is 61.0 Å². The highest BCUT2D eigenvalue weighted by Crippen LogP contribution is 2.21. The topological polar surface area (TPSA) is 66.6 Å². The van der Waals surface area contributed by atoms with Crippen molar-refractivity contribution in [3.05, 3.63) is 35.5 Å². The highest BCUT2D eigenvalue weighted by Gasteiger charge is 2.24. The van der Waals surface area contributed by atoms with Crippen molar-refractivity contribution in [3.63, 3.8) is 0 Å². The zero-order valence-electron chi connectivity index (χ0n) is 17.4. The molecule has 1 aromatic heterocycles. The Bertz CT molecular complexity index is 805. The lowest BCUT2D eigenvalue weighted by Crippen LogP contribution is -2.46. The van der Waals surface area contributed by atoms with Crippen molar-refractivity contribution in [2.45, 2.75) is 57.7 Å². The molecule has 3 heterocycles. The Morgan fingerprint density at radius 3 is 2.93 bits per heavy atom. The van der Waals surface area contributed by atoms with Crippen molar-refractivity contribution < 1.29 is 14.3 Å². The van der Waals surface area contributed by atoms with Crippen molar-refractivity contribution in [1.82, 2.24) is 15.2 Å². The largest absolute Gasteiger partial charge is 0.376 e.